The highest BCUT2D eigenvalue weighted by atomic mass is 16.3. The van der Waals surface area contributed by atoms with E-state index < -0.39 is 0 Å². The van der Waals surface area contributed by atoms with Crippen molar-refractivity contribution in [1.82, 2.24) is 5.32 Å². The van der Waals surface area contributed by atoms with Gasteiger partial charge in [0.25, 0.3) is 0 Å². The molecule has 1 fully saturated rings. The van der Waals surface area contributed by atoms with Crippen LogP contribution in [-0.2, 0) is 0 Å². The zero-order valence-electron chi connectivity index (χ0n) is 15.3. The van der Waals surface area contributed by atoms with Gasteiger partial charge in [0.05, 0.1) is 6.10 Å². The summed E-state index contributed by atoms with van der Waals surface area (Å²) in [6, 6.07) is 0.675. The Labute approximate surface area is 139 Å². The summed E-state index contributed by atoms with van der Waals surface area (Å²) in [5, 5.41) is 13.1. The SMILES string of the molecule is CC(C)CCCCCCCCCCCNC1CCC(O)CC1. The van der Waals surface area contributed by atoms with E-state index >= 15 is 0 Å². The van der Waals surface area contributed by atoms with Gasteiger partial charge in [-0.15, -0.1) is 0 Å². The monoisotopic (exact) mass is 311 g/mol. The van der Waals surface area contributed by atoms with E-state index in [1.807, 2.05) is 0 Å². The van der Waals surface area contributed by atoms with Crippen LogP contribution in [0.4, 0.5) is 0 Å². The number of nitrogens with one attached hydrogen (secondary N) is 1. The molecule has 0 saturated heterocycles. The van der Waals surface area contributed by atoms with Crippen LogP contribution in [-0.4, -0.2) is 23.8 Å². The summed E-state index contributed by atoms with van der Waals surface area (Å²) >= 11 is 0. The third kappa shape index (κ3) is 11.5. The zero-order valence-corrected chi connectivity index (χ0v) is 15.3. The molecule has 1 saturated carbocycles. The molecule has 132 valence electrons. The molecule has 0 heterocycles. The minimum atomic E-state index is -0.0246. The van der Waals surface area contributed by atoms with E-state index in [0.29, 0.717) is 6.04 Å². The molecular formula is C20H41NO. The third-order valence-electron chi connectivity index (χ3n) is 5.09. The van der Waals surface area contributed by atoms with Crippen LogP contribution in [0.5, 0.6) is 0 Å². The summed E-state index contributed by atoms with van der Waals surface area (Å²) in [6.45, 7) is 5.83. The molecule has 22 heavy (non-hydrogen) atoms. The molecule has 0 radical (unpaired) electrons. The Morgan fingerprint density at radius 3 is 1.82 bits per heavy atom. The molecule has 2 N–H and O–H groups in total. The first kappa shape index (κ1) is 20.0. The molecule has 0 aromatic rings. The smallest absolute Gasteiger partial charge is 0.0541 e. The Hall–Kier alpha value is -0.0800. The lowest BCUT2D eigenvalue weighted by Crippen LogP contribution is -2.35. The number of aliphatic hydroxyl groups is 1. The summed E-state index contributed by atoms with van der Waals surface area (Å²) < 4.78 is 0. The van der Waals surface area contributed by atoms with E-state index in [4.69, 9.17) is 0 Å². The number of rotatable bonds is 13. The highest BCUT2D eigenvalue weighted by Crippen LogP contribution is 2.18. The van der Waals surface area contributed by atoms with E-state index in [2.05, 4.69) is 19.2 Å². The Bertz CT molecular complexity index is 234. The van der Waals surface area contributed by atoms with Crippen LogP contribution in [0.25, 0.3) is 0 Å². The van der Waals surface area contributed by atoms with E-state index in [9.17, 15) is 5.11 Å². The van der Waals surface area contributed by atoms with Crippen LogP contribution in [0.3, 0.4) is 0 Å². The van der Waals surface area contributed by atoms with Crippen molar-refractivity contribution in [3.8, 4) is 0 Å². The average molecular weight is 312 g/mol. The van der Waals surface area contributed by atoms with Crippen LogP contribution in [0.15, 0.2) is 0 Å². The maximum Gasteiger partial charge on any atom is 0.0541 e. The van der Waals surface area contributed by atoms with Crippen LogP contribution in [0.1, 0.15) is 104 Å². The number of hydrogen-bond donors (Lipinski definition) is 2. The van der Waals surface area contributed by atoms with Gasteiger partial charge in [-0.3, -0.25) is 0 Å². The fourth-order valence-electron chi connectivity index (χ4n) is 3.50. The van der Waals surface area contributed by atoms with Gasteiger partial charge in [0.2, 0.25) is 0 Å². The molecule has 0 aliphatic heterocycles. The molecule has 1 rings (SSSR count). The van der Waals surface area contributed by atoms with Crippen molar-refractivity contribution in [3.05, 3.63) is 0 Å². The number of aliphatic hydroxyl groups excluding tert-OH is 1. The Balaban J connectivity index is 1.73. The fraction of sp³-hybridized carbons (Fsp3) is 1.00. The number of hydrogen-bond acceptors (Lipinski definition) is 2. The van der Waals surface area contributed by atoms with Crippen molar-refractivity contribution in [2.45, 2.75) is 116 Å². The maximum absolute atomic E-state index is 9.48. The minimum absolute atomic E-state index is 0.0246. The lowest BCUT2D eigenvalue weighted by Gasteiger charge is -2.26. The molecule has 2 nitrogen and oxygen atoms in total. The summed E-state index contributed by atoms with van der Waals surface area (Å²) in [4.78, 5) is 0. The van der Waals surface area contributed by atoms with Crippen LogP contribution in [0, 0.1) is 5.92 Å². The Morgan fingerprint density at radius 1 is 0.773 bits per heavy atom. The quantitative estimate of drug-likeness (QED) is 0.444. The van der Waals surface area contributed by atoms with Crippen molar-refractivity contribution in [2.75, 3.05) is 6.54 Å². The maximum atomic E-state index is 9.48. The first-order chi connectivity index (χ1) is 10.7. The summed E-state index contributed by atoms with van der Waals surface area (Å²) in [5.41, 5.74) is 0. The molecule has 1 aliphatic rings. The van der Waals surface area contributed by atoms with Gasteiger partial charge in [-0.05, 0) is 44.6 Å². The van der Waals surface area contributed by atoms with Crippen molar-refractivity contribution >= 4 is 0 Å². The Kier molecular flexibility index (Phi) is 12.1. The summed E-state index contributed by atoms with van der Waals surface area (Å²) in [5.74, 6) is 0.882. The second-order valence-electron chi connectivity index (χ2n) is 7.82. The predicted octanol–water partition coefficient (Wildman–Crippen LogP) is 5.44. The van der Waals surface area contributed by atoms with Gasteiger partial charge >= 0.3 is 0 Å². The van der Waals surface area contributed by atoms with Gasteiger partial charge < -0.3 is 10.4 Å². The molecule has 0 spiro atoms. The normalized spacial score (nSPS) is 22.4. The highest BCUT2D eigenvalue weighted by Gasteiger charge is 2.18. The van der Waals surface area contributed by atoms with Crippen molar-refractivity contribution in [2.24, 2.45) is 5.92 Å². The van der Waals surface area contributed by atoms with Gasteiger partial charge in [0.15, 0.2) is 0 Å². The average Bonchev–Trinajstić information content (AvgIpc) is 2.50. The summed E-state index contributed by atoms with van der Waals surface area (Å²) in [7, 11) is 0. The van der Waals surface area contributed by atoms with Gasteiger partial charge in [-0.25, -0.2) is 0 Å². The van der Waals surface area contributed by atoms with Crippen molar-refractivity contribution in [1.29, 1.82) is 0 Å². The number of unbranched alkanes of at least 4 members (excludes halogenated alkanes) is 8. The molecule has 0 aromatic carbocycles. The second kappa shape index (κ2) is 13.4. The van der Waals surface area contributed by atoms with E-state index in [-0.39, 0.29) is 6.10 Å². The highest BCUT2D eigenvalue weighted by molar-refractivity contribution is 4.76. The molecule has 0 unspecified atom stereocenters. The molecule has 0 bridgehead atoms. The fourth-order valence-corrected chi connectivity index (χ4v) is 3.50. The third-order valence-corrected chi connectivity index (χ3v) is 5.09. The zero-order chi connectivity index (χ0) is 16.0. The van der Waals surface area contributed by atoms with Crippen molar-refractivity contribution < 1.29 is 5.11 Å². The largest absolute Gasteiger partial charge is 0.393 e. The van der Waals surface area contributed by atoms with Gasteiger partial charge in [-0.2, -0.15) is 0 Å². The molecule has 0 aromatic heterocycles. The first-order valence-corrected chi connectivity index (χ1v) is 10.1. The minimum Gasteiger partial charge on any atom is -0.393 e. The van der Waals surface area contributed by atoms with E-state index in [0.717, 1.165) is 31.6 Å². The van der Waals surface area contributed by atoms with Gasteiger partial charge in [0, 0.05) is 6.04 Å². The van der Waals surface area contributed by atoms with E-state index in [1.54, 1.807) is 0 Å². The molecule has 1 aliphatic carbocycles. The first-order valence-electron chi connectivity index (χ1n) is 10.1. The molecule has 0 amide bonds. The van der Waals surface area contributed by atoms with Crippen LogP contribution in [0.2, 0.25) is 0 Å². The molecule has 2 heteroatoms. The lowest BCUT2D eigenvalue weighted by atomic mass is 9.93. The predicted molar refractivity (Wildman–Crippen MR) is 97.3 cm³/mol. The van der Waals surface area contributed by atoms with Crippen LogP contribution >= 0.6 is 0 Å². The second-order valence-corrected chi connectivity index (χ2v) is 7.82. The Morgan fingerprint density at radius 2 is 1.27 bits per heavy atom. The van der Waals surface area contributed by atoms with Gasteiger partial charge in [0.1, 0.15) is 0 Å². The van der Waals surface area contributed by atoms with Crippen molar-refractivity contribution in [3.63, 3.8) is 0 Å². The van der Waals surface area contributed by atoms with Crippen LogP contribution < -0.4 is 5.32 Å². The standard InChI is InChI=1S/C20H41NO/c1-18(2)12-10-8-6-4-3-5-7-9-11-17-21-19-13-15-20(22)16-14-19/h18-22H,3-17H2,1-2H3. The lowest BCUT2D eigenvalue weighted by molar-refractivity contribution is 0.117. The molecular weight excluding hydrogens is 270 g/mol. The summed E-state index contributed by atoms with van der Waals surface area (Å²) in [6.07, 6.45) is 18.5. The van der Waals surface area contributed by atoms with Gasteiger partial charge in [-0.1, -0.05) is 71.6 Å². The topological polar surface area (TPSA) is 32.3 Å². The van der Waals surface area contributed by atoms with E-state index in [1.165, 1.54) is 70.8 Å². The molecule has 0 atom stereocenters.